The summed E-state index contributed by atoms with van der Waals surface area (Å²) in [6.45, 7) is 10.3. The molecule has 0 aromatic heterocycles. The van der Waals surface area contributed by atoms with E-state index in [0.29, 0.717) is 18.7 Å². The third-order valence-electron chi connectivity index (χ3n) is 2.59. The third kappa shape index (κ3) is 7.81. The van der Waals surface area contributed by atoms with Crippen molar-refractivity contribution in [2.75, 3.05) is 19.4 Å². The average molecular weight is 232 g/mol. The molecule has 0 bridgehead atoms. The van der Waals surface area contributed by atoms with Gasteiger partial charge in [-0.25, -0.2) is 0 Å². The van der Waals surface area contributed by atoms with Gasteiger partial charge < -0.3 is 4.52 Å². The van der Waals surface area contributed by atoms with Crippen LogP contribution < -0.4 is 0 Å². The van der Waals surface area contributed by atoms with Gasteiger partial charge >= 0.3 is 0 Å². The fourth-order valence-corrected chi connectivity index (χ4v) is 2.55. The zero-order valence-electron chi connectivity index (χ0n) is 10.4. The first-order valence-corrected chi connectivity index (χ1v) is 8.13. The van der Waals surface area contributed by atoms with Crippen LogP contribution in [0.25, 0.3) is 0 Å². The molecular formula is C12H25O2P. The van der Waals surface area contributed by atoms with Crippen molar-refractivity contribution >= 4 is 7.37 Å². The SMILES string of the molecule is C=CCP(C)(=O)OCC(CC)CCCC. The minimum Gasteiger partial charge on any atom is -0.328 e. The van der Waals surface area contributed by atoms with Crippen LogP contribution in [0.15, 0.2) is 12.7 Å². The first-order chi connectivity index (χ1) is 7.05. The van der Waals surface area contributed by atoms with Crippen molar-refractivity contribution in [2.24, 2.45) is 5.92 Å². The number of hydrogen-bond donors (Lipinski definition) is 0. The van der Waals surface area contributed by atoms with Crippen molar-refractivity contribution in [1.82, 2.24) is 0 Å². The van der Waals surface area contributed by atoms with Gasteiger partial charge in [0.1, 0.15) is 0 Å². The maximum atomic E-state index is 11.8. The Balaban J connectivity index is 3.88. The summed E-state index contributed by atoms with van der Waals surface area (Å²) in [5.41, 5.74) is 0. The van der Waals surface area contributed by atoms with Crippen molar-refractivity contribution < 1.29 is 9.09 Å². The Bertz CT molecular complexity index is 214. The lowest BCUT2D eigenvalue weighted by molar-refractivity contribution is 0.237. The van der Waals surface area contributed by atoms with E-state index in [4.69, 9.17) is 4.52 Å². The molecular weight excluding hydrogens is 207 g/mol. The first kappa shape index (κ1) is 14.9. The van der Waals surface area contributed by atoms with Crippen molar-refractivity contribution in [1.29, 1.82) is 0 Å². The molecule has 0 saturated carbocycles. The Kier molecular flexibility index (Phi) is 8.09. The first-order valence-electron chi connectivity index (χ1n) is 5.87. The van der Waals surface area contributed by atoms with Gasteiger partial charge in [-0.2, -0.15) is 0 Å². The molecule has 2 unspecified atom stereocenters. The molecule has 0 aliphatic rings. The molecule has 0 fully saturated rings. The van der Waals surface area contributed by atoms with Crippen LogP contribution in [0.1, 0.15) is 39.5 Å². The Hall–Kier alpha value is -0.0700. The lowest BCUT2D eigenvalue weighted by Gasteiger charge is -2.18. The van der Waals surface area contributed by atoms with E-state index in [1.807, 2.05) is 0 Å². The van der Waals surface area contributed by atoms with E-state index in [2.05, 4.69) is 20.4 Å². The van der Waals surface area contributed by atoms with Gasteiger partial charge in [-0.3, -0.25) is 4.57 Å². The fourth-order valence-electron chi connectivity index (χ4n) is 1.45. The third-order valence-corrected chi connectivity index (χ3v) is 4.20. The second-order valence-electron chi connectivity index (χ2n) is 4.20. The molecule has 3 heteroatoms. The van der Waals surface area contributed by atoms with E-state index in [0.717, 1.165) is 6.42 Å². The quantitative estimate of drug-likeness (QED) is 0.437. The zero-order valence-corrected chi connectivity index (χ0v) is 11.3. The standard InChI is InChI=1S/C12H25O2P/c1-5-8-9-12(7-3)11-14-15(4,13)10-6-2/h6,12H,2,5,7-11H2,1,3-4H3. The smallest absolute Gasteiger partial charge is 0.203 e. The van der Waals surface area contributed by atoms with Gasteiger partial charge in [0.25, 0.3) is 0 Å². The molecule has 90 valence electrons. The molecule has 0 aliphatic heterocycles. The van der Waals surface area contributed by atoms with Crippen molar-refractivity contribution in [2.45, 2.75) is 39.5 Å². The largest absolute Gasteiger partial charge is 0.328 e. The van der Waals surface area contributed by atoms with Gasteiger partial charge in [0, 0.05) is 12.8 Å². The number of hydrogen-bond acceptors (Lipinski definition) is 2. The molecule has 0 aromatic rings. The van der Waals surface area contributed by atoms with Gasteiger partial charge in [0.2, 0.25) is 7.37 Å². The highest BCUT2D eigenvalue weighted by Gasteiger charge is 2.16. The summed E-state index contributed by atoms with van der Waals surface area (Å²) >= 11 is 0. The van der Waals surface area contributed by atoms with Crippen molar-refractivity contribution in [3.05, 3.63) is 12.7 Å². The summed E-state index contributed by atoms with van der Waals surface area (Å²) in [6, 6.07) is 0. The van der Waals surface area contributed by atoms with Gasteiger partial charge in [0.15, 0.2) is 0 Å². The van der Waals surface area contributed by atoms with Gasteiger partial charge in [0.05, 0.1) is 6.61 Å². The van der Waals surface area contributed by atoms with Crippen molar-refractivity contribution in [3.8, 4) is 0 Å². The van der Waals surface area contributed by atoms with Crippen LogP contribution in [0.3, 0.4) is 0 Å². The van der Waals surface area contributed by atoms with Crippen molar-refractivity contribution in [3.63, 3.8) is 0 Å². The van der Waals surface area contributed by atoms with E-state index in [1.54, 1.807) is 12.7 Å². The Morgan fingerprint density at radius 3 is 2.60 bits per heavy atom. The normalized spacial score (nSPS) is 17.0. The number of rotatable bonds is 9. The molecule has 0 aromatic carbocycles. The topological polar surface area (TPSA) is 26.3 Å². The predicted molar refractivity (Wildman–Crippen MR) is 67.9 cm³/mol. The van der Waals surface area contributed by atoms with Crippen LogP contribution in [0.5, 0.6) is 0 Å². The highest BCUT2D eigenvalue weighted by Crippen LogP contribution is 2.43. The molecule has 0 radical (unpaired) electrons. The summed E-state index contributed by atoms with van der Waals surface area (Å²) in [5.74, 6) is 0.558. The molecule has 2 atom stereocenters. The summed E-state index contributed by atoms with van der Waals surface area (Å²) in [6.07, 6.45) is 6.89. The van der Waals surface area contributed by atoms with Crippen LogP contribution in [0.4, 0.5) is 0 Å². The molecule has 2 nitrogen and oxygen atoms in total. The zero-order chi connectivity index (χ0) is 11.7. The molecule has 0 spiro atoms. The highest BCUT2D eigenvalue weighted by molar-refractivity contribution is 7.58. The molecule has 0 N–H and O–H groups in total. The second-order valence-corrected chi connectivity index (χ2v) is 6.85. The van der Waals surface area contributed by atoms with E-state index in [1.165, 1.54) is 19.3 Å². The number of allylic oxidation sites excluding steroid dienone is 1. The Morgan fingerprint density at radius 2 is 2.13 bits per heavy atom. The highest BCUT2D eigenvalue weighted by atomic mass is 31.2. The van der Waals surface area contributed by atoms with E-state index < -0.39 is 7.37 Å². The predicted octanol–water partition coefficient (Wildman–Crippen LogP) is 4.31. The fraction of sp³-hybridized carbons (Fsp3) is 0.833. The summed E-state index contributed by atoms with van der Waals surface area (Å²) in [4.78, 5) is 0. The minimum atomic E-state index is -2.41. The van der Waals surface area contributed by atoms with Crippen LogP contribution in [0, 0.1) is 5.92 Å². The lowest BCUT2D eigenvalue weighted by atomic mass is 10.0. The minimum absolute atomic E-state index is 0.483. The maximum absolute atomic E-state index is 11.8. The molecule has 0 aliphatic carbocycles. The van der Waals surface area contributed by atoms with E-state index in [-0.39, 0.29) is 0 Å². The monoisotopic (exact) mass is 232 g/mol. The average Bonchev–Trinajstić information content (AvgIpc) is 2.18. The molecule has 0 amide bonds. The maximum Gasteiger partial charge on any atom is 0.203 e. The van der Waals surface area contributed by atoms with Gasteiger partial charge in [-0.15, -0.1) is 6.58 Å². The second kappa shape index (κ2) is 8.13. The summed E-state index contributed by atoms with van der Waals surface area (Å²) in [7, 11) is -2.41. The van der Waals surface area contributed by atoms with Crippen LogP contribution in [-0.4, -0.2) is 19.4 Å². The molecule has 15 heavy (non-hydrogen) atoms. The Morgan fingerprint density at radius 1 is 1.47 bits per heavy atom. The summed E-state index contributed by atoms with van der Waals surface area (Å²) in [5, 5.41) is 0. The number of unbranched alkanes of at least 4 members (excludes halogenated alkanes) is 1. The van der Waals surface area contributed by atoms with Crippen LogP contribution >= 0.6 is 7.37 Å². The lowest BCUT2D eigenvalue weighted by Crippen LogP contribution is -2.08. The molecule has 0 saturated heterocycles. The van der Waals surface area contributed by atoms with Crippen LogP contribution in [0.2, 0.25) is 0 Å². The summed E-state index contributed by atoms with van der Waals surface area (Å²) < 4.78 is 17.3. The molecule has 0 heterocycles. The van der Waals surface area contributed by atoms with Crippen LogP contribution in [-0.2, 0) is 9.09 Å². The van der Waals surface area contributed by atoms with E-state index >= 15 is 0 Å². The molecule has 0 rings (SSSR count). The van der Waals surface area contributed by atoms with Gasteiger partial charge in [-0.05, 0) is 12.3 Å². The van der Waals surface area contributed by atoms with E-state index in [9.17, 15) is 4.57 Å². The van der Waals surface area contributed by atoms with Gasteiger partial charge in [-0.1, -0.05) is 39.2 Å². The Labute approximate surface area is 94.6 Å².